The summed E-state index contributed by atoms with van der Waals surface area (Å²) in [6.45, 7) is 5.02. The van der Waals surface area contributed by atoms with Crippen LogP contribution in [0.5, 0.6) is 0 Å². The smallest absolute Gasteiger partial charge is 0.244 e. The second-order valence-electron chi connectivity index (χ2n) is 9.08. The van der Waals surface area contributed by atoms with Crippen LogP contribution >= 0.6 is 0 Å². The summed E-state index contributed by atoms with van der Waals surface area (Å²) in [5.41, 5.74) is 1.33. The number of Topliss-reactive ketones (excluding diaryl/α,β-unsaturated/α-hetero) is 1. The van der Waals surface area contributed by atoms with Crippen molar-refractivity contribution in [2.75, 3.05) is 0 Å². The summed E-state index contributed by atoms with van der Waals surface area (Å²) in [7, 11) is 0. The number of hydrogen-bond acceptors (Lipinski definition) is 6. The van der Waals surface area contributed by atoms with Gasteiger partial charge in [0.25, 0.3) is 0 Å². The van der Waals surface area contributed by atoms with E-state index in [1.165, 1.54) is 13.0 Å². The molecule has 3 rings (SSSR count). The highest BCUT2D eigenvalue weighted by Crippen LogP contribution is 2.24. The number of pyridine rings is 1. The molecule has 0 saturated carbocycles. The molecule has 4 atom stereocenters. The molecule has 1 aliphatic rings. The topological polar surface area (TPSA) is 134 Å². The molecule has 1 aliphatic heterocycles. The van der Waals surface area contributed by atoms with Crippen molar-refractivity contribution in [1.82, 2.24) is 20.9 Å². The predicted octanol–water partition coefficient (Wildman–Crippen LogP) is 1.96. The molecule has 2 aromatic rings. The highest BCUT2D eigenvalue weighted by Gasteiger charge is 2.46. The lowest BCUT2D eigenvalue weighted by atomic mass is 9.85. The fourth-order valence-corrected chi connectivity index (χ4v) is 4.04. The lowest BCUT2D eigenvalue weighted by Crippen LogP contribution is -2.49. The Hall–Kier alpha value is -4.14. The maximum absolute atomic E-state index is 13.1. The minimum absolute atomic E-state index is 0.130. The summed E-state index contributed by atoms with van der Waals surface area (Å²) in [6, 6.07) is 12.7. The monoisotopic (exact) mass is 490 g/mol. The van der Waals surface area contributed by atoms with E-state index in [1.54, 1.807) is 68.6 Å². The van der Waals surface area contributed by atoms with E-state index in [1.807, 2.05) is 6.07 Å². The van der Waals surface area contributed by atoms with E-state index in [0.29, 0.717) is 11.3 Å². The number of benzene rings is 1. The molecule has 0 aliphatic carbocycles. The van der Waals surface area contributed by atoms with E-state index in [2.05, 4.69) is 20.9 Å². The lowest BCUT2D eigenvalue weighted by molar-refractivity contribution is -0.137. The van der Waals surface area contributed by atoms with Crippen LogP contribution < -0.4 is 16.0 Å². The molecule has 36 heavy (non-hydrogen) atoms. The van der Waals surface area contributed by atoms with Gasteiger partial charge in [-0.25, -0.2) is 0 Å². The molecule has 1 aromatic carbocycles. The standard InChI is InChI=1S/C27H30N4O5/c1-16(2)24(25(34)23-17(3)26(35)31-27(23)36)30-22(33)15-20(18-9-5-4-6-10-18)29-21(32)13-12-19-11-7-8-14-28-19/h4-14,16-17,20,23-24H,15H2,1-3H3,(H,29,32)(H,30,33)(H,31,35,36)/b13-12+/t17-,20-,23+,24-/m0/s1. The van der Waals surface area contributed by atoms with Crippen LogP contribution in [0.1, 0.15) is 44.5 Å². The molecule has 9 nitrogen and oxygen atoms in total. The van der Waals surface area contributed by atoms with Gasteiger partial charge < -0.3 is 10.6 Å². The van der Waals surface area contributed by atoms with Crippen LogP contribution in [0, 0.1) is 17.8 Å². The van der Waals surface area contributed by atoms with Gasteiger partial charge in [0, 0.05) is 12.3 Å². The van der Waals surface area contributed by atoms with Gasteiger partial charge >= 0.3 is 0 Å². The van der Waals surface area contributed by atoms with E-state index in [4.69, 9.17) is 0 Å². The minimum atomic E-state index is -1.15. The summed E-state index contributed by atoms with van der Waals surface area (Å²) >= 11 is 0. The number of rotatable bonds is 10. The molecule has 1 saturated heterocycles. The first-order valence-electron chi connectivity index (χ1n) is 11.8. The normalized spacial score (nSPS) is 19.1. The molecule has 0 spiro atoms. The third kappa shape index (κ3) is 6.71. The summed E-state index contributed by atoms with van der Waals surface area (Å²) in [6.07, 6.45) is 4.40. The van der Waals surface area contributed by atoms with Crippen LogP contribution in [-0.4, -0.2) is 40.4 Å². The number of imide groups is 1. The largest absolute Gasteiger partial charge is 0.346 e. The maximum Gasteiger partial charge on any atom is 0.244 e. The van der Waals surface area contributed by atoms with Crippen LogP contribution in [-0.2, 0) is 24.0 Å². The second kappa shape index (κ2) is 12.0. The second-order valence-corrected chi connectivity index (χ2v) is 9.08. The summed E-state index contributed by atoms with van der Waals surface area (Å²) in [5, 5.41) is 7.73. The van der Waals surface area contributed by atoms with E-state index in [0.717, 1.165) is 0 Å². The zero-order valence-electron chi connectivity index (χ0n) is 20.4. The Bertz CT molecular complexity index is 1150. The lowest BCUT2D eigenvalue weighted by Gasteiger charge is -2.25. The highest BCUT2D eigenvalue weighted by atomic mass is 16.2. The first kappa shape index (κ1) is 26.5. The summed E-state index contributed by atoms with van der Waals surface area (Å²) in [4.78, 5) is 66.9. The fourth-order valence-electron chi connectivity index (χ4n) is 4.04. The van der Waals surface area contributed by atoms with E-state index in [9.17, 15) is 24.0 Å². The average molecular weight is 491 g/mol. The van der Waals surface area contributed by atoms with Gasteiger partial charge in [-0.3, -0.25) is 34.3 Å². The molecule has 188 valence electrons. The van der Waals surface area contributed by atoms with Crippen molar-refractivity contribution in [2.24, 2.45) is 17.8 Å². The number of carbonyl (C=O) groups excluding carboxylic acids is 5. The van der Waals surface area contributed by atoms with Gasteiger partial charge in [-0.1, -0.05) is 57.2 Å². The van der Waals surface area contributed by atoms with Crippen molar-refractivity contribution in [3.8, 4) is 0 Å². The van der Waals surface area contributed by atoms with E-state index < -0.39 is 53.3 Å². The Morgan fingerprint density at radius 2 is 1.69 bits per heavy atom. The summed E-state index contributed by atoms with van der Waals surface area (Å²) in [5.74, 6) is -4.80. The number of nitrogens with zero attached hydrogens (tertiary/aromatic N) is 1. The molecule has 4 amide bonds. The van der Waals surface area contributed by atoms with Gasteiger partial charge in [0.1, 0.15) is 5.92 Å². The predicted molar refractivity (Wildman–Crippen MR) is 133 cm³/mol. The summed E-state index contributed by atoms with van der Waals surface area (Å²) < 4.78 is 0. The van der Waals surface area contributed by atoms with E-state index in [-0.39, 0.29) is 12.3 Å². The Morgan fingerprint density at radius 1 is 1.00 bits per heavy atom. The van der Waals surface area contributed by atoms with Crippen molar-refractivity contribution in [3.05, 3.63) is 72.1 Å². The quantitative estimate of drug-likeness (QED) is 0.265. The maximum atomic E-state index is 13.1. The van der Waals surface area contributed by atoms with Crippen molar-refractivity contribution >= 4 is 35.5 Å². The first-order chi connectivity index (χ1) is 17.2. The Labute approximate surface area is 209 Å². The van der Waals surface area contributed by atoms with Gasteiger partial charge in [-0.2, -0.15) is 0 Å². The number of hydrogen-bond donors (Lipinski definition) is 3. The Morgan fingerprint density at radius 3 is 2.28 bits per heavy atom. The third-order valence-corrected chi connectivity index (χ3v) is 6.04. The van der Waals surface area contributed by atoms with Gasteiger partial charge in [-0.15, -0.1) is 0 Å². The molecule has 1 fully saturated rings. The molecular weight excluding hydrogens is 460 g/mol. The number of nitrogens with one attached hydrogen (secondary N) is 3. The van der Waals surface area contributed by atoms with Crippen LogP contribution in [0.2, 0.25) is 0 Å². The van der Waals surface area contributed by atoms with Crippen molar-refractivity contribution in [1.29, 1.82) is 0 Å². The van der Waals surface area contributed by atoms with Gasteiger partial charge in [0.15, 0.2) is 5.78 Å². The van der Waals surface area contributed by atoms with Gasteiger partial charge in [0.05, 0.1) is 30.1 Å². The molecule has 0 unspecified atom stereocenters. The number of carbonyl (C=O) groups is 5. The number of amides is 4. The zero-order chi connectivity index (χ0) is 26.2. The van der Waals surface area contributed by atoms with Crippen LogP contribution in [0.4, 0.5) is 0 Å². The molecule has 2 heterocycles. The van der Waals surface area contributed by atoms with Crippen LogP contribution in [0.3, 0.4) is 0 Å². The number of ketones is 1. The molecule has 1 aromatic heterocycles. The Kier molecular flexibility index (Phi) is 8.83. The van der Waals surface area contributed by atoms with Gasteiger partial charge in [-0.05, 0) is 29.7 Å². The zero-order valence-corrected chi connectivity index (χ0v) is 20.4. The highest BCUT2D eigenvalue weighted by molar-refractivity contribution is 6.16. The van der Waals surface area contributed by atoms with Crippen molar-refractivity contribution in [2.45, 2.75) is 39.3 Å². The SMILES string of the molecule is CC(C)[C@H](NC(=O)C[C@H](NC(=O)/C=C/c1ccccn1)c1ccccc1)C(=O)[C@@H]1C(=O)NC(=O)[C@H]1C. The first-order valence-corrected chi connectivity index (χ1v) is 11.8. The fraction of sp³-hybridized carbons (Fsp3) is 0.333. The average Bonchev–Trinajstić information content (AvgIpc) is 3.12. The van der Waals surface area contributed by atoms with Crippen molar-refractivity contribution < 1.29 is 24.0 Å². The molecule has 3 N–H and O–H groups in total. The van der Waals surface area contributed by atoms with Gasteiger partial charge in [0.2, 0.25) is 23.6 Å². The molecule has 0 radical (unpaired) electrons. The van der Waals surface area contributed by atoms with Crippen molar-refractivity contribution in [3.63, 3.8) is 0 Å². The van der Waals surface area contributed by atoms with Crippen LogP contribution in [0.25, 0.3) is 6.08 Å². The van der Waals surface area contributed by atoms with E-state index >= 15 is 0 Å². The molecule has 0 bridgehead atoms. The Balaban J connectivity index is 1.72. The molecular formula is C27H30N4O5. The number of aromatic nitrogens is 1. The molecule has 9 heteroatoms. The van der Waals surface area contributed by atoms with Crippen LogP contribution in [0.15, 0.2) is 60.8 Å². The minimum Gasteiger partial charge on any atom is -0.346 e. The third-order valence-electron chi connectivity index (χ3n) is 6.04.